The largest absolute Gasteiger partial charge is 0.388 e. The maximum Gasteiger partial charge on any atom is 0.222 e. The molecule has 1 N–H and O–H groups in total. The average molecular weight is 581 g/mol. The van der Waals surface area contributed by atoms with Gasteiger partial charge in [0, 0.05) is 56.8 Å². The minimum Gasteiger partial charge on any atom is -0.388 e. The molecule has 0 atom stereocenters. The first-order valence-electron chi connectivity index (χ1n) is 9.74. The Morgan fingerprint density at radius 1 is 1.30 bits per heavy atom. The van der Waals surface area contributed by atoms with Gasteiger partial charge in [-0.1, -0.05) is 29.3 Å². The van der Waals surface area contributed by atoms with Crippen LogP contribution in [0.2, 0.25) is 0 Å². The summed E-state index contributed by atoms with van der Waals surface area (Å²) in [5.41, 5.74) is 0.672. The fourth-order valence-electron chi connectivity index (χ4n) is 3.85. The number of amides is 1. The number of aromatic nitrogens is 2. The SMILES string of the molecule is O=C(CCC1=CCCC=C1)N1CCC(O)(Cn2cnc3[c-]csc3c2=O)CC1.[CH3-].[Er]. The quantitative estimate of drug-likeness (QED) is 0.552. The Labute approximate surface area is 210 Å². The number of aliphatic hydroxyl groups is 1. The fraction of sp³-hybridized carbons (Fsp3) is 0.455. The van der Waals surface area contributed by atoms with Gasteiger partial charge in [0.25, 0.3) is 0 Å². The Bertz CT molecular complexity index is 987. The fourth-order valence-corrected chi connectivity index (χ4v) is 4.58. The molecule has 2 aliphatic rings. The molecule has 168 valence electrons. The minimum atomic E-state index is -0.994. The standard InChI is InChI=1S/C21H24N3O3S.CH3.Er/c25-18(7-6-16-4-2-1-3-5-16)23-11-9-21(27,10-12-23)14-24-15-22-17-8-13-28-19(17)20(24)26;;/h2,4-5,13,15,27H,1,3,6-7,9-12,14H2;1H3;/q2*-1;. The Balaban J connectivity index is 0.00000160. The van der Waals surface area contributed by atoms with E-state index in [0.29, 0.717) is 42.6 Å². The van der Waals surface area contributed by atoms with Crippen molar-refractivity contribution < 1.29 is 47.2 Å². The summed E-state index contributed by atoms with van der Waals surface area (Å²) < 4.78 is 2.04. The van der Waals surface area contributed by atoms with Crippen LogP contribution in [0.25, 0.3) is 10.2 Å². The van der Waals surface area contributed by atoms with Crippen molar-refractivity contribution in [3.63, 3.8) is 0 Å². The van der Waals surface area contributed by atoms with Crippen LogP contribution in [0, 0.1) is 50.8 Å². The predicted molar refractivity (Wildman–Crippen MR) is 116 cm³/mol. The van der Waals surface area contributed by atoms with Gasteiger partial charge in [0.15, 0.2) is 5.56 Å². The number of nitrogens with zero attached hydrogens (tertiary/aromatic N) is 3. The molecule has 6 nitrogen and oxygen atoms in total. The van der Waals surface area contributed by atoms with Crippen LogP contribution >= 0.6 is 11.3 Å². The minimum absolute atomic E-state index is 0. The van der Waals surface area contributed by atoms with E-state index in [2.05, 4.69) is 29.3 Å². The number of likely N-dealkylation sites (tertiary alicyclic amines) is 1. The molecule has 0 aromatic carbocycles. The Morgan fingerprint density at radius 3 is 2.77 bits per heavy atom. The van der Waals surface area contributed by atoms with Crippen LogP contribution in [-0.2, 0) is 11.3 Å². The number of carbonyl (C=O) groups excluding carboxylic acids is 1. The first-order valence-corrected chi connectivity index (χ1v) is 10.6. The average Bonchev–Trinajstić information content (AvgIpc) is 3.19. The topological polar surface area (TPSA) is 75.4 Å². The van der Waals surface area contributed by atoms with Crippen molar-refractivity contribution in [2.45, 2.75) is 50.7 Å². The van der Waals surface area contributed by atoms with Crippen molar-refractivity contribution in [2.24, 2.45) is 0 Å². The van der Waals surface area contributed by atoms with Crippen molar-refractivity contribution in [2.75, 3.05) is 13.1 Å². The molecule has 3 heterocycles. The van der Waals surface area contributed by atoms with E-state index in [1.54, 1.807) is 5.38 Å². The van der Waals surface area contributed by atoms with Crippen molar-refractivity contribution >= 4 is 27.5 Å². The molecule has 0 radical (unpaired) electrons. The van der Waals surface area contributed by atoms with Crippen molar-refractivity contribution in [3.8, 4) is 0 Å². The van der Waals surface area contributed by atoms with Gasteiger partial charge in [-0.25, -0.2) is 6.07 Å². The van der Waals surface area contributed by atoms with Crippen LogP contribution < -0.4 is 5.56 Å². The number of piperidine rings is 1. The van der Waals surface area contributed by atoms with Crippen LogP contribution in [-0.4, -0.2) is 44.2 Å². The van der Waals surface area contributed by atoms with Crippen molar-refractivity contribution in [3.05, 3.63) is 59.4 Å². The summed E-state index contributed by atoms with van der Waals surface area (Å²) in [7, 11) is 0. The first-order chi connectivity index (χ1) is 13.5. The van der Waals surface area contributed by atoms with E-state index >= 15 is 0 Å². The van der Waals surface area contributed by atoms with Crippen LogP contribution in [0.3, 0.4) is 0 Å². The van der Waals surface area contributed by atoms with Crippen LogP contribution in [0.4, 0.5) is 0 Å². The summed E-state index contributed by atoms with van der Waals surface area (Å²) in [6.45, 7) is 1.23. The smallest absolute Gasteiger partial charge is 0.222 e. The summed E-state index contributed by atoms with van der Waals surface area (Å²) in [4.78, 5) is 31.1. The Morgan fingerprint density at radius 2 is 2.07 bits per heavy atom. The summed E-state index contributed by atoms with van der Waals surface area (Å²) in [6.07, 6.45) is 12.3. The number of hydrogen-bond donors (Lipinski definition) is 1. The Hall–Kier alpha value is -1.00. The van der Waals surface area contributed by atoms with Gasteiger partial charge in [0.1, 0.15) is 0 Å². The molecule has 8 heteroatoms. The zero-order chi connectivity index (χ0) is 19.6. The number of thiophene rings is 1. The zero-order valence-electron chi connectivity index (χ0n) is 17.1. The van der Waals surface area contributed by atoms with Crippen LogP contribution in [0.15, 0.2) is 40.3 Å². The van der Waals surface area contributed by atoms with Gasteiger partial charge >= 0.3 is 0 Å². The molecule has 1 aliphatic carbocycles. The van der Waals surface area contributed by atoms with E-state index in [-0.39, 0.29) is 62.7 Å². The number of allylic oxidation sites excluding steroid dienone is 4. The second kappa shape index (κ2) is 11.0. The number of carbonyl (C=O) groups is 1. The second-order valence-electron chi connectivity index (χ2n) is 7.60. The molecule has 0 saturated carbocycles. The van der Waals surface area contributed by atoms with Crippen LogP contribution in [0.1, 0.15) is 38.5 Å². The van der Waals surface area contributed by atoms with E-state index in [0.717, 1.165) is 19.3 Å². The molecule has 0 unspecified atom stereocenters. The molecule has 2 aromatic rings. The van der Waals surface area contributed by atoms with E-state index < -0.39 is 5.60 Å². The third kappa shape index (κ3) is 5.82. The van der Waals surface area contributed by atoms with Gasteiger partial charge in [0.05, 0.1) is 18.5 Å². The molecule has 1 aliphatic heterocycles. The molecule has 0 spiro atoms. The summed E-state index contributed by atoms with van der Waals surface area (Å²) in [5, 5.41) is 12.7. The molecule has 1 saturated heterocycles. The molecule has 4 rings (SSSR count). The van der Waals surface area contributed by atoms with E-state index in [4.69, 9.17) is 0 Å². The van der Waals surface area contributed by atoms with Gasteiger partial charge in [0.2, 0.25) is 5.91 Å². The third-order valence-corrected chi connectivity index (χ3v) is 6.42. The predicted octanol–water partition coefficient (Wildman–Crippen LogP) is 3.12. The van der Waals surface area contributed by atoms with Gasteiger partial charge in [-0.2, -0.15) is 0 Å². The molecular weight excluding hydrogens is 554 g/mol. The maximum absolute atomic E-state index is 12.5. The molecular formula is C22H27ErN3O3S-2. The number of rotatable bonds is 5. The maximum atomic E-state index is 12.5. The van der Waals surface area contributed by atoms with Gasteiger partial charge in [-0.05, 0) is 36.8 Å². The van der Waals surface area contributed by atoms with E-state index in [1.807, 2.05) is 4.90 Å². The molecule has 2 aromatic heterocycles. The normalized spacial score (nSPS) is 17.8. The van der Waals surface area contributed by atoms with Crippen LogP contribution in [0.5, 0.6) is 0 Å². The van der Waals surface area contributed by atoms with Crippen molar-refractivity contribution in [1.29, 1.82) is 0 Å². The Kier molecular flexibility index (Phi) is 9.29. The molecule has 30 heavy (non-hydrogen) atoms. The summed E-state index contributed by atoms with van der Waals surface area (Å²) >= 11 is 1.32. The van der Waals surface area contributed by atoms with Gasteiger partial charge in [-0.15, -0.1) is 5.38 Å². The first kappa shape index (κ1) is 25.3. The monoisotopic (exact) mass is 579 g/mol. The van der Waals surface area contributed by atoms with Gasteiger partial charge in [-0.3, -0.25) is 25.9 Å². The number of fused-ring (bicyclic) bond motifs is 1. The second-order valence-corrected chi connectivity index (χ2v) is 8.48. The van der Waals surface area contributed by atoms with Gasteiger partial charge < -0.3 is 22.0 Å². The van der Waals surface area contributed by atoms with Crippen molar-refractivity contribution in [1.82, 2.24) is 14.5 Å². The summed E-state index contributed by atoms with van der Waals surface area (Å²) in [6, 6.07) is 2.93. The summed E-state index contributed by atoms with van der Waals surface area (Å²) in [5.74, 6) is 0.135. The molecule has 1 amide bonds. The third-order valence-electron chi connectivity index (χ3n) is 5.58. The van der Waals surface area contributed by atoms with E-state index in [9.17, 15) is 14.7 Å². The van der Waals surface area contributed by atoms with E-state index in [1.165, 1.54) is 27.8 Å². The number of hydrogen-bond acceptors (Lipinski definition) is 5. The molecule has 1 fully saturated rings. The zero-order valence-corrected chi connectivity index (χ0v) is 19.7. The molecule has 0 bridgehead atoms.